The fraction of sp³-hybridized carbons (Fsp3) is 0.0500. The number of fused-ring (bicyclic) bond motifs is 9. The number of para-hydroxylation sites is 1. The molecule has 5 nitrogen and oxygen atoms in total. The lowest BCUT2D eigenvalue weighted by Gasteiger charge is -2.00. The monoisotopic (exact) mass is 323 g/mol. The van der Waals surface area contributed by atoms with E-state index < -0.39 is 0 Å². The highest BCUT2D eigenvalue weighted by Crippen LogP contribution is 2.38. The number of pyridine rings is 1. The molecule has 1 aliphatic rings. The van der Waals surface area contributed by atoms with Crippen molar-refractivity contribution >= 4 is 38.7 Å². The summed E-state index contributed by atoms with van der Waals surface area (Å²) in [5.74, 6) is 0. The number of furan rings is 1. The molecule has 116 valence electrons. The molecule has 5 aromatic rings. The van der Waals surface area contributed by atoms with Gasteiger partial charge < -0.3 is 4.42 Å². The molecule has 0 saturated carbocycles. The predicted molar refractivity (Wildman–Crippen MR) is 93.9 cm³/mol. The molecule has 25 heavy (non-hydrogen) atoms. The highest BCUT2D eigenvalue weighted by atomic mass is 16.3. The Balaban J connectivity index is 1.83. The first-order chi connectivity index (χ1) is 12.3. The molecular weight excluding hydrogens is 312 g/mol. The Hall–Kier alpha value is -3.65. The van der Waals surface area contributed by atoms with Crippen LogP contribution in [0.5, 0.6) is 0 Å². The average molecular weight is 323 g/mol. The van der Waals surface area contributed by atoms with Crippen molar-refractivity contribution in [3.05, 3.63) is 71.8 Å². The summed E-state index contributed by atoms with van der Waals surface area (Å²) in [5.41, 5.74) is 5.25. The average Bonchev–Trinajstić information content (AvgIpc) is 3.29. The summed E-state index contributed by atoms with van der Waals surface area (Å²) in [5, 5.41) is 3.13. The molecule has 1 aliphatic heterocycles. The van der Waals surface area contributed by atoms with Gasteiger partial charge >= 0.3 is 0 Å². The molecule has 0 radical (unpaired) electrons. The maximum Gasteiger partial charge on any atom is 0.227 e. The number of rotatable bonds is 0. The summed E-state index contributed by atoms with van der Waals surface area (Å²) in [4.78, 5) is 8.07. The van der Waals surface area contributed by atoms with Gasteiger partial charge in [0.25, 0.3) is 0 Å². The van der Waals surface area contributed by atoms with E-state index in [1.54, 1.807) is 6.20 Å². The van der Waals surface area contributed by atoms with Gasteiger partial charge in [-0.15, -0.1) is 9.36 Å². The molecule has 2 aromatic carbocycles. The minimum atomic E-state index is 0.645. The van der Waals surface area contributed by atoms with Gasteiger partial charge in [-0.05, 0) is 30.3 Å². The van der Waals surface area contributed by atoms with E-state index in [9.17, 15) is 0 Å². The summed E-state index contributed by atoms with van der Waals surface area (Å²) < 4.78 is 10.4. The number of nitrogens with zero attached hydrogens (tertiary/aromatic N) is 4. The zero-order valence-corrected chi connectivity index (χ0v) is 13.1. The van der Waals surface area contributed by atoms with Gasteiger partial charge in [0.1, 0.15) is 5.52 Å². The van der Waals surface area contributed by atoms with E-state index in [2.05, 4.69) is 37.5 Å². The quantitative estimate of drug-likeness (QED) is 0.311. The Morgan fingerprint density at radius 3 is 3.00 bits per heavy atom. The summed E-state index contributed by atoms with van der Waals surface area (Å²) in [6, 6.07) is 14.0. The van der Waals surface area contributed by atoms with Gasteiger partial charge in [-0.2, -0.15) is 0 Å². The van der Waals surface area contributed by atoms with Gasteiger partial charge in [0.05, 0.1) is 17.5 Å². The van der Waals surface area contributed by atoms with E-state index in [1.807, 2.05) is 30.3 Å². The number of aromatic nitrogens is 3. The third-order valence-corrected chi connectivity index (χ3v) is 4.94. The van der Waals surface area contributed by atoms with Crippen molar-refractivity contribution in [3.8, 4) is 5.69 Å². The highest BCUT2D eigenvalue weighted by molar-refractivity contribution is 6.07. The topological polar surface area (TPSA) is 39.2 Å². The molecule has 0 bridgehead atoms. The van der Waals surface area contributed by atoms with Crippen LogP contribution in [0.4, 0.5) is 5.69 Å². The van der Waals surface area contributed by atoms with Crippen LogP contribution in [0.1, 0.15) is 5.56 Å². The van der Waals surface area contributed by atoms with Crippen molar-refractivity contribution in [2.75, 3.05) is 0 Å². The third-order valence-electron chi connectivity index (χ3n) is 4.94. The maximum absolute atomic E-state index is 7.53. The second kappa shape index (κ2) is 4.25. The standard InChI is InChI=1S/C20H11N4O/c1-21-16-6-2-4-12-10-23-11-13-7-8-14-15-5-3-9-22-20(15)25-19(14)18(13)24(23)17(12)16/h2-10H,11H2/q+1. The van der Waals surface area contributed by atoms with Crippen molar-refractivity contribution in [1.29, 1.82) is 0 Å². The second-order valence-corrected chi connectivity index (χ2v) is 6.27. The molecule has 0 unspecified atom stereocenters. The van der Waals surface area contributed by atoms with E-state index in [-0.39, 0.29) is 0 Å². The predicted octanol–water partition coefficient (Wildman–Crippen LogP) is 4.12. The van der Waals surface area contributed by atoms with E-state index >= 15 is 0 Å². The zero-order chi connectivity index (χ0) is 16.5. The van der Waals surface area contributed by atoms with Crippen LogP contribution in [0, 0.1) is 6.57 Å². The van der Waals surface area contributed by atoms with Crippen molar-refractivity contribution < 1.29 is 9.10 Å². The van der Waals surface area contributed by atoms with Crippen LogP contribution < -0.4 is 4.68 Å². The van der Waals surface area contributed by atoms with Gasteiger partial charge in [0.15, 0.2) is 17.8 Å². The second-order valence-electron chi connectivity index (χ2n) is 6.27. The van der Waals surface area contributed by atoms with Gasteiger partial charge in [-0.1, -0.05) is 12.1 Å². The Morgan fingerprint density at radius 1 is 1.12 bits per heavy atom. The first-order valence-electron chi connectivity index (χ1n) is 8.06. The smallest absolute Gasteiger partial charge is 0.227 e. The molecule has 0 aliphatic carbocycles. The van der Waals surface area contributed by atoms with Gasteiger partial charge in [-0.3, -0.25) is 0 Å². The van der Waals surface area contributed by atoms with E-state index in [1.165, 1.54) is 5.56 Å². The maximum atomic E-state index is 7.53. The van der Waals surface area contributed by atoms with Crippen molar-refractivity contribution in [2.45, 2.75) is 6.54 Å². The van der Waals surface area contributed by atoms with E-state index in [0.717, 1.165) is 39.5 Å². The van der Waals surface area contributed by atoms with E-state index in [0.29, 0.717) is 11.4 Å². The van der Waals surface area contributed by atoms with Crippen LogP contribution in [0.25, 0.3) is 43.5 Å². The van der Waals surface area contributed by atoms with Crippen LogP contribution in [0.3, 0.4) is 0 Å². The molecule has 4 heterocycles. The fourth-order valence-corrected chi connectivity index (χ4v) is 3.91. The van der Waals surface area contributed by atoms with Crippen LogP contribution in [0.2, 0.25) is 0 Å². The van der Waals surface area contributed by atoms with Crippen molar-refractivity contribution in [3.63, 3.8) is 0 Å². The van der Waals surface area contributed by atoms with Crippen molar-refractivity contribution in [2.24, 2.45) is 0 Å². The van der Waals surface area contributed by atoms with Gasteiger partial charge in [0, 0.05) is 17.0 Å². The van der Waals surface area contributed by atoms with Crippen LogP contribution in [-0.4, -0.2) is 9.67 Å². The van der Waals surface area contributed by atoms with Crippen LogP contribution in [-0.2, 0) is 6.54 Å². The molecule has 3 aromatic heterocycles. The first-order valence-corrected chi connectivity index (χ1v) is 8.06. The number of hydrogen-bond acceptors (Lipinski definition) is 2. The lowest BCUT2D eigenvalue weighted by molar-refractivity contribution is -0.749. The lowest BCUT2D eigenvalue weighted by atomic mass is 10.1. The molecule has 0 N–H and O–H groups in total. The number of hydrogen-bond donors (Lipinski definition) is 0. The molecule has 0 saturated heterocycles. The number of benzene rings is 2. The fourth-order valence-electron chi connectivity index (χ4n) is 3.91. The minimum Gasteiger partial charge on any atom is -0.435 e. The molecule has 0 atom stereocenters. The molecule has 6 rings (SSSR count). The normalized spacial score (nSPS) is 12.6. The zero-order valence-electron chi connectivity index (χ0n) is 13.1. The summed E-state index contributed by atoms with van der Waals surface area (Å²) >= 11 is 0. The lowest BCUT2D eigenvalue weighted by Crippen LogP contribution is -2.36. The van der Waals surface area contributed by atoms with Crippen LogP contribution >= 0.6 is 0 Å². The molecule has 0 spiro atoms. The Morgan fingerprint density at radius 2 is 2.08 bits per heavy atom. The van der Waals surface area contributed by atoms with Crippen molar-refractivity contribution in [1.82, 2.24) is 9.67 Å². The van der Waals surface area contributed by atoms with Crippen LogP contribution in [0.15, 0.2) is 59.3 Å². The largest absolute Gasteiger partial charge is 0.435 e. The van der Waals surface area contributed by atoms with Gasteiger partial charge in [0.2, 0.25) is 17.6 Å². The summed E-state index contributed by atoms with van der Waals surface area (Å²) in [6.45, 7) is 8.30. The molecule has 5 heteroatoms. The SMILES string of the molecule is [C-]#[N+]c1cccc2c[n+]3n(c12)-c1c(ccc2c1oc1ncccc12)C3. The Bertz CT molecular complexity index is 1380. The third kappa shape index (κ3) is 1.47. The minimum absolute atomic E-state index is 0.645. The Labute approximate surface area is 142 Å². The van der Waals surface area contributed by atoms with Gasteiger partial charge in [-0.25, -0.2) is 9.83 Å². The highest BCUT2D eigenvalue weighted by Gasteiger charge is 2.32. The molecular formula is C20H11N4O+. The summed E-state index contributed by atoms with van der Waals surface area (Å²) in [6.07, 6.45) is 3.84. The van der Waals surface area contributed by atoms with E-state index in [4.69, 9.17) is 11.0 Å². The molecule has 0 fully saturated rings. The Kier molecular flexibility index (Phi) is 2.16. The molecule has 0 amide bonds. The summed E-state index contributed by atoms with van der Waals surface area (Å²) in [7, 11) is 0. The first kappa shape index (κ1) is 12.7.